The molecule has 2 aromatic heterocycles. The SMILES string of the molecule is CC1(C)Cc2c(sc3nc(=S)[nH]c(N)c23)CS1. The van der Waals surface area contributed by atoms with Crippen LogP contribution in [-0.4, -0.2) is 14.7 Å². The van der Waals surface area contributed by atoms with Gasteiger partial charge in [-0.2, -0.15) is 0 Å². The van der Waals surface area contributed by atoms with Crippen LogP contribution in [0, 0.1) is 4.77 Å². The smallest absolute Gasteiger partial charge is 0.199 e. The predicted molar refractivity (Wildman–Crippen MR) is 78.3 cm³/mol. The molecule has 0 aliphatic carbocycles. The van der Waals surface area contributed by atoms with E-state index in [0.717, 1.165) is 22.4 Å². The highest BCUT2D eigenvalue weighted by Crippen LogP contribution is 2.45. The molecular formula is C11H13N3S3. The van der Waals surface area contributed by atoms with Crippen molar-refractivity contribution in [2.24, 2.45) is 0 Å². The van der Waals surface area contributed by atoms with Crippen molar-refractivity contribution in [2.45, 2.75) is 30.8 Å². The molecule has 2 aromatic rings. The lowest BCUT2D eigenvalue weighted by atomic mass is 9.99. The number of anilines is 1. The van der Waals surface area contributed by atoms with E-state index < -0.39 is 0 Å². The molecule has 3 heterocycles. The fourth-order valence-corrected chi connectivity index (χ4v) is 4.81. The first-order valence-corrected chi connectivity index (χ1v) is 7.61. The van der Waals surface area contributed by atoms with Gasteiger partial charge >= 0.3 is 0 Å². The highest BCUT2D eigenvalue weighted by Gasteiger charge is 2.29. The normalized spacial score (nSPS) is 18.2. The first-order chi connectivity index (χ1) is 7.96. The Bertz CT molecular complexity index is 654. The highest BCUT2D eigenvalue weighted by atomic mass is 32.2. The van der Waals surface area contributed by atoms with E-state index in [1.807, 2.05) is 11.8 Å². The first-order valence-electron chi connectivity index (χ1n) is 5.40. The van der Waals surface area contributed by atoms with Crippen molar-refractivity contribution in [3.8, 4) is 0 Å². The Morgan fingerprint density at radius 1 is 1.47 bits per heavy atom. The standard InChI is InChI=1S/C11H13N3S3/c1-11(2)3-5-6(4-16-11)17-9-7(5)8(12)13-10(15)14-9/h3-4H2,1-2H3,(H3,12,13,14,15). The number of thiophene rings is 1. The average Bonchev–Trinajstić information content (AvgIpc) is 2.53. The highest BCUT2D eigenvalue weighted by molar-refractivity contribution is 8.00. The Kier molecular flexibility index (Phi) is 2.50. The Balaban J connectivity index is 2.32. The van der Waals surface area contributed by atoms with Crippen LogP contribution in [0.3, 0.4) is 0 Å². The molecule has 90 valence electrons. The quantitative estimate of drug-likeness (QED) is 0.727. The second-order valence-electron chi connectivity index (χ2n) is 4.86. The Hall–Kier alpha value is -0.590. The summed E-state index contributed by atoms with van der Waals surface area (Å²) in [6, 6.07) is 0. The topological polar surface area (TPSA) is 54.7 Å². The summed E-state index contributed by atoms with van der Waals surface area (Å²) < 4.78 is 0.751. The van der Waals surface area contributed by atoms with Gasteiger partial charge in [-0.15, -0.1) is 23.1 Å². The van der Waals surface area contributed by atoms with Crippen LogP contribution in [0.2, 0.25) is 0 Å². The Morgan fingerprint density at radius 2 is 2.24 bits per heavy atom. The number of hydrogen-bond acceptors (Lipinski definition) is 5. The monoisotopic (exact) mass is 283 g/mol. The van der Waals surface area contributed by atoms with Crippen molar-refractivity contribution in [1.82, 2.24) is 9.97 Å². The summed E-state index contributed by atoms with van der Waals surface area (Å²) in [6.07, 6.45) is 1.05. The minimum Gasteiger partial charge on any atom is -0.385 e. The summed E-state index contributed by atoms with van der Waals surface area (Å²) in [4.78, 5) is 9.72. The molecule has 0 saturated heterocycles. The van der Waals surface area contributed by atoms with Crippen LogP contribution in [0.25, 0.3) is 10.2 Å². The molecule has 3 nitrogen and oxygen atoms in total. The Labute approximate surface area is 113 Å². The van der Waals surface area contributed by atoms with Gasteiger partial charge in [-0.25, -0.2) is 4.98 Å². The number of H-pyrrole nitrogens is 1. The van der Waals surface area contributed by atoms with E-state index in [4.69, 9.17) is 18.0 Å². The lowest BCUT2D eigenvalue weighted by molar-refractivity contribution is 0.700. The summed E-state index contributed by atoms with van der Waals surface area (Å²) in [5.74, 6) is 1.72. The molecule has 0 amide bonds. The average molecular weight is 283 g/mol. The zero-order chi connectivity index (χ0) is 12.2. The van der Waals surface area contributed by atoms with Crippen LogP contribution < -0.4 is 5.73 Å². The van der Waals surface area contributed by atoms with Gasteiger partial charge in [0.25, 0.3) is 0 Å². The number of aromatic amines is 1. The van der Waals surface area contributed by atoms with Crippen LogP contribution >= 0.6 is 35.3 Å². The van der Waals surface area contributed by atoms with E-state index >= 15 is 0 Å². The van der Waals surface area contributed by atoms with E-state index in [1.165, 1.54) is 10.4 Å². The second kappa shape index (κ2) is 3.70. The van der Waals surface area contributed by atoms with Crippen molar-refractivity contribution < 1.29 is 0 Å². The fraction of sp³-hybridized carbons (Fsp3) is 0.455. The molecule has 17 heavy (non-hydrogen) atoms. The molecular weight excluding hydrogens is 270 g/mol. The number of nitrogens with two attached hydrogens (primary N) is 1. The number of thioether (sulfide) groups is 1. The van der Waals surface area contributed by atoms with Gasteiger partial charge < -0.3 is 10.7 Å². The van der Waals surface area contributed by atoms with Crippen molar-refractivity contribution >= 4 is 51.4 Å². The van der Waals surface area contributed by atoms with Gasteiger partial charge in [0.15, 0.2) is 4.77 Å². The van der Waals surface area contributed by atoms with Gasteiger partial charge in [-0.05, 0) is 24.2 Å². The zero-order valence-electron chi connectivity index (χ0n) is 9.66. The molecule has 0 spiro atoms. The predicted octanol–water partition coefficient (Wildman–Crippen LogP) is 3.50. The molecule has 0 fully saturated rings. The summed E-state index contributed by atoms with van der Waals surface area (Å²) in [5.41, 5.74) is 7.42. The summed E-state index contributed by atoms with van der Waals surface area (Å²) in [6.45, 7) is 4.55. The van der Waals surface area contributed by atoms with Crippen LogP contribution in [0.4, 0.5) is 5.82 Å². The molecule has 1 aliphatic rings. The molecule has 0 aromatic carbocycles. The van der Waals surface area contributed by atoms with Crippen LogP contribution in [0.15, 0.2) is 0 Å². The van der Waals surface area contributed by atoms with Gasteiger partial charge in [0.1, 0.15) is 10.6 Å². The second-order valence-corrected chi connectivity index (χ2v) is 8.02. The van der Waals surface area contributed by atoms with Crippen LogP contribution in [0.5, 0.6) is 0 Å². The van der Waals surface area contributed by atoms with Crippen LogP contribution in [-0.2, 0) is 12.2 Å². The number of fused-ring (bicyclic) bond motifs is 3. The fourth-order valence-electron chi connectivity index (χ4n) is 2.19. The van der Waals surface area contributed by atoms with Gasteiger partial charge in [0.2, 0.25) is 0 Å². The number of hydrogen-bond donors (Lipinski definition) is 2. The number of rotatable bonds is 0. The molecule has 3 N–H and O–H groups in total. The molecule has 0 unspecified atom stereocenters. The maximum atomic E-state index is 6.05. The third-order valence-electron chi connectivity index (χ3n) is 2.98. The lowest BCUT2D eigenvalue weighted by Crippen LogP contribution is -2.22. The minimum atomic E-state index is 0.278. The number of aromatic nitrogens is 2. The molecule has 0 bridgehead atoms. The molecule has 0 radical (unpaired) electrons. The van der Waals surface area contributed by atoms with Crippen molar-refractivity contribution in [3.05, 3.63) is 15.2 Å². The van der Waals surface area contributed by atoms with Gasteiger partial charge in [-0.3, -0.25) is 0 Å². The van der Waals surface area contributed by atoms with E-state index in [1.54, 1.807) is 11.3 Å². The van der Waals surface area contributed by atoms with Gasteiger partial charge in [0.05, 0.1) is 5.39 Å². The maximum Gasteiger partial charge on any atom is 0.199 e. The van der Waals surface area contributed by atoms with E-state index in [0.29, 0.717) is 10.6 Å². The number of nitrogens with zero attached hydrogens (tertiary/aromatic N) is 1. The van der Waals surface area contributed by atoms with Gasteiger partial charge in [0, 0.05) is 15.4 Å². The largest absolute Gasteiger partial charge is 0.385 e. The van der Waals surface area contributed by atoms with Crippen molar-refractivity contribution in [2.75, 3.05) is 5.73 Å². The maximum absolute atomic E-state index is 6.05. The first kappa shape index (κ1) is 11.5. The van der Waals surface area contributed by atoms with Crippen molar-refractivity contribution in [1.29, 1.82) is 0 Å². The Morgan fingerprint density at radius 3 is 3.00 bits per heavy atom. The molecule has 0 saturated carbocycles. The summed E-state index contributed by atoms with van der Waals surface area (Å²) >= 11 is 8.79. The third kappa shape index (κ3) is 1.88. The van der Waals surface area contributed by atoms with Gasteiger partial charge in [-0.1, -0.05) is 13.8 Å². The zero-order valence-corrected chi connectivity index (χ0v) is 12.1. The van der Waals surface area contributed by atoms with E-state index in [9.17, 15) is 0 Å². The summed E-state index contributed by atoms with van der Waals surface area (Å²) in [7, 11) is 0. The third-order valence-corrected chi connectivity index (χ3v) is 5.84. The van der Waals surface area contributed by atoms with Crippen LogP contribution in [0.1, 0.15) is 24.3 Å². The van der Waals surface area contributed by atoms with Crippen molar-refractivity contribution in [3.63, 3.8) is 0 Å². The van der Waals surface area contributed by atoms with E-state index in [2.05, 4.69) is 23.8 Å². The molecule has 0 atom stereocenters. The molecule has 6 heteroatoms. The summed E-state index contributed by atoms with van der Waals surface area (Å²) in [5, 5.41) is 1.09. The number of nitrogen functional groups attached to an aromatic ring is 1. The van der Waals surface area contributed by atoms with E-state index in [-0.39, 0.29) is 4.75 Å². The molecule has 1 aliphatic heterocycles. The lowest BCUT2D eigenvalue weighted by Gasteiger charge is -2.28. The molecule has 3 rings (SSSR count). The minimum absolute atomic E-state index is 0.278. The number of nitrogens with one attached hydrogen (secondary N) is 1.